The van der Waals surface area contributed by atoms with Crippen LogP contribution in [0.3, 0.4) is 0 Å². The molecule has 0 aromatic heterocycles. The van der Waals surface area contributed by atoms with Crippen molar-refractivity contribution in [3.8, 4) is 0 Å². The third-order valence-corrected chi connectivity index (χ3v) is 1.10. The summed E-state index contributed by atoms with van der Waals surface area (Å²) in [5, 5.41) is 10.8. The number of aldehydes is 1. The first-order valence-electron chi connectivity index (χ1n) is 3.71. The number of nitrogens with one attached hydrogen (secondary N) is 1. The normalized spacial score (nSPS) is 15.7. The van der Waals surface area contributed by atoms with E-state index in [1.165, 1.54) is 0 Å². The summed E-state index contributed by atoms with van der Waals surface area (Å²) in [6, 6.07) is 0. The van der Waals surface area contributed by atoms with Gasteiger partial charge in [-0.1, -0.05) is 0 Å². The molecule has 1 saturated heterocycles. The number of carboxylic acids is 1. The number of ether oxygens (including phenoxy) is 1. The van der Waals surface area contributed by atoms with E-state index in [2.05, 4.69) is 5.32 Å². The van der Waals surface area contributed by atoms with Crippen LogP contribution in [0.25, 0.3) is 0 Å². The number of hydrogen-bond donors (Lipinski definition) is 2. The summed E-state index contributed by atoms with van der Waals surface area (Å²) in [7, 11) is 0. The van der Waals surface area contributed by atoms with E-state index in [0.29, 0.717) is 6.29 Å². The highest BCUT2D eigenvalue weighted by Gasteiger charge is 1.92. The first-order valence-corrected chi connectivity index (χ1v) is 3.71. The van der Waals surface area contributed by atoms with Gasteiger partial charge in [-0.05, 0) is 0 Å². The average Bonchev–Trinajstić information content (AvgIpc) is 2.08. The van der Waals surface area contributed by atoms with Crippen molar-refractivity contribution in [3.63, 3.8) is 0 Å². The Labute approximate surface area is 70.7 Å². The second-order valence-electron chi connectivity index (χ2n) is 2.13. The Kier molecular flexibility index (Phi) is 7.52. The molecule has 0 radical (unpaired) electrons. The lowest BCUT2D eigenvalue weighted by molar-refractivity contribution is -0.138. The lowest BCUT2D eigenvalue weighted by Gasteiger charge is -2.10. The van der Waals surface area contributed by atoms with E-state index in [9.17, 15) is 9.59 Å². The molecule has 1 aliphatic rings. The molecular formula is C7H13NO4. The molecule has 0 aliphatic carbocycles. The van der Waals surface area contributed by atoms with Crippen LogP contribution in [0.15, 0.2) is 0 Å². The number of carbonyl (C=O) groups is 2. The highest BCUT2D eigenvalue weighted by atomic mass is 16.5. The predicted octanol–water partition coefficient (Wildman–Crippen LogP) is -0.734. The van der Waals surface area contributed by atoms with Gasteiger partial charge in [0.2, 0.25) is 0 Å². The Balaban J connectivity index is 0.000000202. The maximum atomic E-state index is 9.37. The Bertz CT molecular complexity index is 122. The maximum Gasteiger partial charge on any atom is 0.310 e. The molecule has 1 rings (SSSR count). The first kappa shape index (κ1) is 11.1. The van der Waals surface area contributed by atoms with Crippen LogP contribution in [0.4, 0.5) is 0 Å². The molecule has 12 heavy (non-hydrogen) atoms. The van der Waals surface area contributed by atoms with Crippen LogP contribution in [0, 0.1) is 0 Å². The molecule has 1 aliphatic heterocycles. The zero-order chi connectivity index (χ0) is 9.23. The third kappa shape index (κ3) is 9.06. The van der Waals surface area contributed by atoms with E-state index in [-0.39, 0.29) is 6.42 Å². The quantitative estimate of drug-likeness (QED) is 0.427. The maximum absolute atomic E-state index is 9.37. The Morgan fingerprint density at radius 3 is 2.17 bits per heavy atom. The summed E-state index contributed by atoms with van der Waals surface area (Å²) in [5.41, 5.74) is 0. The first-order chi connectivity index (χ1) is 5.77. The second kappa shape index (κ2) is 8.16. The van der Waals surface area contributed by atoms with Gasteiger partial charge in [0, 0.05) is 13.1 Å². The van der Waals surface area contributed by atoms with Crippen molar-refractivity contribution in [2.45, 2.75) is 6.42 Å². The lowest BCUT2D eigenvalue weighted by Crippen LogP contribution is -2.30. The SMILES string of the molecule is C1COCCN1.O=CCC(=O)O. The second-order valence-corrected chi connectivity index (χ2v) is 2.13. The van der Waals surface area contributed by atoms with Crippen LogP contribution < -0.4 is 5.32 Å². The molecule has 0 atom stereocenters. The van der Waals surface area contributed by atoms with Gasteiger partial charge in [-0.25, -0.2) is 0 Å². The van der Waals surface area contributed by atoms with Crippen molar-refractivity contribution < 1.29 is 19.4 Å². The Morgan fingerprint density at radius 1 is 1.50 bits per heavy atom. The number of aliphatic carboxylic acids is 1. The van der Waals surface area contributed by atoms with Crippen molar-refractivity contribution in [2.75, 3.05) is 26.3 Å². The van der Waals surface area contributed by atoms with Gasteiger partial charge in [-0.2, -0.15) is 0 Å². The minimum absolute atomic E-state index is 0.350. The number of carboxylic acid groups (broad SMARTS) is 1. The number of morpholine rings is 1. The summed E-state index contributed by atoms with van der Waals surface area (Å²) >= 11 is 0. The molecule has 0 saturated carbocycles. The van der Waals surface area contributed by atoms with Crippen LogP contribution >= 0.6 is 0 Å². The van der Waals surface area contributed by atoms with Gasteiger partial charge in [0.1, 0.15) is 12.7 Å². The monoisotopic (exact) mass is 175 g/mol. The number of rotatable bonds is 2. The molecule has 0 unspecified atom stereocenters. The van der Waals surface area contributed by atoms with Crippen LogP contribution in [0.1, 0.15) is 6.42 Å². The molecular weight excluding hydrogens is 162 g/mol. The Hall–Kier alpha value is -0.940. The molecule has 0 spiro atoms. The lowest BCUT2D eigenvalue weighted by atomic mass is 10.5. The van der Waals surface area contributed by atoms with E-state index in [4.69, 9.17) is 9.84 Å². The van der Waals surface area contributed by atoms with Crippen molar-refractivity contribution in [1.82, 2.24) is 5.32 Å². The fraction of sp³-hybridized carbons (Fsp3) is 0.714. The smallest absolute Gasteiger partial charge is 0.310 e. The van der Waals surface area contributed by atoms with E-state index in [1.54, 1.807) is 0 Å². The van der Waals surface area contributed by atoms with E-state index < -0.39 is 5.97 Å². The Morgan fingerprint density at radius 2 is 2.08 bits per heavy atom. The molecule has 2 N–H and O–H groups in total. The van der Waals surface area contributed by atoms with Crippen molar-refractivity contribution in [3.05, 3.63) is 0 Å². The van der Waals surface area contributed by atoms with Crippen molar-refractivity contribution >= 4 is 12.3 Å². The van der Waals surface area contributed by atoms with Gasteiger partial charge in [-0.15, -0.1) is 0 Å². The molecule has 0 bridgehead atoms. The zero-order valence-electron chi connectivity index (χ0n) is 6.78. The van der Waals surface area contributed by atoms with Gasteiger partial charge in [0.05, 0.1) is 13.2 Å². The van der Waals surface area contributed by atoms with Gasteiger partial charge >= 0.3 is 5.97 Å². The van der Waals surface area contributed by atoms with Gasteiger partial charge in [0.15, 0.2) is 0 Å². The summed E-state index contributed by atoms with van der Waals surface area (Å²) in [6.07, 6.45) is -0.0394. The minimum Gasteiger partial charge on any atom is -0.481 e. The molecule has 1 heterocycles. The summed E-state index contributed by atoms with van der Waals surface area (Å²) in [6.45, 7) is 3.83. The van der Waals surface area contributed by atoms with Crippen LogP contribution in [0.2, 0.25) is 0 Å². The average molecular weight is 175 g/mol. The highest BCUT2D eigenvalue weighted by molar-refractivity contribution is 5.81. The van der Waals surface area contributed by atoms with Gasteiger partial charge in [0.25, 0.3) is 0 Å². The topological polar surface area (TPSA) is 75.6 Å². The minimum atomic E-state index is -1.08. The summed E-state index contributed by atoms with van der Waals surface area (Å²) in [4.78, 5) is 18.6. The molecule has 0 amide bonds. The number of carbonyl (C=O) groups excluding carboxylic acids is 1. The largest absolute Gasteiger partial charge is 0.481 e. The molecule has 70 valence electrons. The van der Waals surface area contributed by atoms with Crippen LogP contribution in [-0.2, 0) is 14.3 Å². The zero-order valence-corrected chi connectivity index (χ0v) is 6.78. The molecule has 5 heteroatoms. The third-order valence-electron chi connectivity index (χ3n) is 1.10. The van der Waals surface area contributed by atoms with Crippen LogP contribution in [0.5, 0.6) is 0 Å². The molecule has 5 nitrogen and oxygen atoms in total. The fourth-order valence-corrected chi connectivity index (χ4v) is 0.587. The predicted molar refractivity (Wildman–Crippen MR) is 42.0 cm³/mol. The van der Waals surface area contributed by atoms with E-state index in [1.807, 2.05) is 0 Å². The molecule has 0 aromatic carbocycles. The van der Waals surface area contributed by atoms with Crippen LogP contribution in [-0.4, -0.2) is 43.7 Å². The molecule has 1 fully saturated rings. The summed E-state index contributed by atoms with van der Waals surface area (Å²) < 4.78 is 5.01. The summed E-state index contributed by atoms with van der Waals surface area (Å²) in [5.74, 6) is -1.08. The standard InChI is InChI=1S/C4H9NO.C3H4O3/c1-3-6-4-2-5-1;4-2-1-3(5)6/h5H,1-4H2;2H,1H2,(H,5,6). The fourth-order valence-electron chi connectivity index (χ4n) is 0.587. The highest BCUT2D eigenvalue weighted by Crippen LogP contribution is 1.76. The van der Waals surface area contributed by atoms with Gasteiger partial charge < -0.3 is 20.0 Å². The van der Waals surface area contributed by atoms with E-state index >= 15 is 0 Å². The molecule has 0 aromatic rings. The van der Waals surface area contributed by atoms with Crippen molar-refractivity contribution in [2.24, 2.45) is 0 Å². The van der Waals surface area contributed by atoms with Gasteiger partial charge in [-0.3, -0.25) is 4.79 Å². The number of hydrogen-bond acceptors (Lipinski definition) is 4. The van der Waals surface area contributed by atoms with Crippen molar-refractivity contribution in [1.29, 1.82) is 0 Å². The van der Waals surface area contributed by atoms with E-state index in [0.717, 1.165) is 26.3 Å².